The normalized spacial score (nSPS) is 21.0. The van der Waals surface area contributed by atoms with Crippen LogP contribution in [-0.4, -0.2) is 39.2 Å². The predicted molar refractivity (Wildman–Crippen MR) is 112 cm³/mol. The summed E-state index contributed by atoms with van der Waals surface area (Å²) in [5.74, 6) is 1.13. The van der Waals surface area contributed by atoms with Crippen LogP contribution in [0.2, 0.25) is 5.02 Å². The maximum atomic E-state index is 12.8. The molecule has 8 nitrogen and oxygen atoms in total. The van der Waals surface area contributed by atoms with E-state index in [9.17, 15) is 9.59 Å². The lowest BCUT2D eigenvalue weighted by molar-refractivity contribution is -0.123. The van der Waals surface area contributed by atoms with Crippen molar-refractivity contribution < 1.29 is 9.59 Å². The molecule has 2 atom stereocenters. The van der Waals surface area contributed by atoms with Crippen molar-refractivity contribution in [1.29, 1.82) is 0 Å². The average molecular weight is 417 g/mol. The molecule has 0 unspecified atom stereocenters. The molecule has 2 aliphatic rings. The standard InChI is InChI=1S/C20H25ClN6O2/c1-12(28)25-14-5-2-4-13(8-14)20(29)26-18-9-15(17(21)11-23-18)16-10-24-27-7-3-6-22-19(16)27/h9-11,13-14,22H,2-8H2,1H3,(H,25,28)(H,23,26,29)/t13-,14+/m0/s1. The summed E-state index contributed by atoms with van der Waals surface area (Å²) in [6.07, 6.45) is 7.65. The Morgan fingerprint density at radius 3 is 2.93 bits per heavy atom. The Bertz CT molecular complexity index is 928. The van der Waals surface area contributed by atoms with Crippen molar-refractivity contribution in [2.75, 3.05) is 17.2 Å². The number of anilines is 2. The van der Waals surface area contributed by atoms with Crippen molar-refractivity contribution >= 4 is 35.1 Å². The van der Waals surface area contributed by atoms with E-state index in [1.807, 2.05) is 4.68 Å². The molecule has 0 radical (unpaired) electrons. The molecule has 2 aromatic heterocycles. The third-order valence-electron chi connectivity index (χ3n) is 5.53. The Balaban J connectivity index is 1.50. The molecule has 2 aromatic rings. The van der Waals surface area contributed by atoms with E-state index < -0.39 is 0 Å². The zero-order valence-electron chi connectivity index (χ0n) is 16.4. The van der Waals surface area contributed by atoms with E-state index in [0.717, 1.165) is 55.7 Å². The summed E-state index contributed by atoms with van der Waals surface area (Å²) in [6.45, 7) is 3.26. The van der Waals surface area contributed by atoms with E-state index in [1.54, 1.807) is 18.5 Å². The first-order valence-corrected chi connectivity index (χ1v) is 10.4. The van der Waals surface area contributed by atoms with Crippen molar-refractivity contribution in [2.24, 2.45) is 5.92 Å². The maximum absolute atomic E-state index is 12.8. The second-order valence-corrected chi connectivity index (χ2v) is 8.12. The third kappa shape index (κ3) is 4.37. The van der Waals surface area contributed by atoms with Gasteiger partial charge in [0.2, 0.25) is 11.8 Å². The van der Waals surface area contributed by atoms with Crippen LogP contribution in [0.4, 0.5) is 11.6 Å². The summed E-state index contributed by atoms with van der Waals surface area (Å²) in [4.78, 5) is 28.4. The summed E-state index contributed by atoms with van der Waals surface area (Å²) in [5.41, 5.74) is 1.68. The zero-order chi connectivity index (χ0) is 20.4. The highest BCUT2D eigenvalue weighted by Gasteiger charge is 2.28. The lowest BCUT2D eigenvalue weighted by Gasteiger charge is -2.28. The van der Waals surface area contributed by atoms with Gasteiger partial charge in [-0.15, -0.1) is 0 Å². The van der Waals surface area contributed by atoms with Crippen LogP contribution in [0.5, 0.6) is 0 Å². The number of hydrogen-bond acceptors (Lipinski definition) is 5. The van der Waals surface area contributed by atoms with Gasteiger partial charge in [-0.1, -0.05) is 18.0 Å². The molecule has 0 saturated heterocycles. The monoisotopic (exact) mass is 416 g/mol. The molecule has 2 amide bonds. The minimum atomic E-state index is -0.146. The van der Waals surface area contributed by atoms with E-state index in [4.69, 9.17) is 11.6 Å². The van der Waals surface area contributed by atoms with E-state index in [1.165, 1.54) is 6.92 Å². The number of aromatic nitrogens is 3. The lowest BCUT2D eigenvalue weighted by Crippen LogP contribution is -2.40. The Morgan fingerprint density at radius 2 is 2.10 bits per heavy atom. The van der Waals surface area contributed by atoms with Crippen LogP contribution in [0, 0.1) is 5.92 Å². The second kappa shape index (κ2) is 8.41. The van der Waals surface area contributed by atoms with Gasteiger partial charge < -0.3 is 16.0 Å². The highest BCUT2D eigenvalue weighted by Crippen LogP contribution is 2.35. The Morgan fingerprint density at radius 1 is 1.24 bits per heavy atom. The number of fused-ring (bicyclic) bond motifs is 1. The van der Waals surface area contributed by atoms with Crippen LogP contribution >= 0.6 is 11.6 Å². The Labute approximate surface area is 174 Å². The first-order valence-electron chi connectivity index (χ1n) is 10.0. The largest absolute Gasteiger partial charge is 0.370 e. The van der Waals surface area contributed by atoms with E-state index in [-0.39, 0.29) is 23.8 Å². The van der Waals surface area contributed by atoms with E-state index in [2.05, 4.69) is 26.0 Å². The highest BCUT2D eigenvalue weighted by molar-refractivity contribution is 6.33. The van der Waals surface area contributed by atoms with Crippen LogP contribution in [0.1, 0.15) is 39.0 Å². The SMILES string of the molecule is CC(=O)N[C@@H]1CCC[C@H](C(=O)Nc2cc(-c3cnn4c3NCCC4)c(Cl)cn2)C1. The summed E-state index contributed by atoms with van der Waals surface area (Å²) in [7, 11) is 0. The lowest BCUT2D eigenvalue weighted by atomic mass is 9.85. The molecule has 1 fully saturated rings. The minimum Gasteiger partial charge on any atom is -0.370 e. The van der Waals surface area contributed by atoms with E-state index >= 15 is 0 Å². The van der Waals surface area contributed by atoms with Crippen LogP contribution in [0.15, 0.2) is 18.5 Å². The molecule has 4 rings (SSSR count). The fourth-order valence-electron chi connectivity index (χ4n) is 4.16. The Kier molecular flexibility index (Phi) is 5.71. The number of nitrogens with one attached hydrogen (secondary N) is 3. The summed E-state index contributed by atoms with van der Waals surface area (Å²) in [6, 6.07) is 1.85. The number of halogens is 1. The van der Waals surface area contributed by atoms with Crippen molar-refractivity contribution in [3.63, 3.8) is 0 Å². The first-order chi connectivity index (χ1) is 14.0. The molecule has 3 N–H and O–H groups in total. The minimum absolute atomic E-state index is 0.0516. The molecular formula is C20H25ClN6O2. The van der Waals surface area contributed by atoms with E-state index in [0.29, 0.717) is 17.3 Å². The highest BCUT2D eigenvalue weighted by atomic mass is 35.5. The van der Waals surface area contributed by atoms with Gasteiger partial charge in [0.25, 0.3) is 0 Å². The molecular weight excluding hydrogens is 392 g/mol. The number of rotatable bonds is 4. The molecule has 29 heavy (non-hydrogen) atoms. The third-order valence-corrected chi connectivity index (χ3v) is 5.83. The number of pyridine rings is 1. The maximum Gasteiger partial charge on any atom is 0.228 e. The molecule has 1 saturated carbocycles. The van der Waals surface area contributed by atoms with Gasteiger partial charge in [-0.25, -0.2) is 9.67 Å². The number of amides is 2. The fraction of sp³-hybridized carbons (Fsp3) is 0.500. The van der Waals surface area contributed by atoms with Crippen LogP contribution in [0.3, 0.4) is 0 Å². The number of hydrogen-bond donors (Lipinski definition) is 3. The summed E-state index contributed by atoms with van der Waals surface area (Å²) < 4.78 is 1.93. The van der Waals surface area contributed by atoms with Gasteiger partial charge in [-0.2, -0.15) is 5.10 Å². The van der Waals surface area contributed by atoms with Gasteiger partial charge in [0, 0.05) is 49.3 Å². The fourth-order valence-corrected chi connectivity index (χ4v) is 4.37. The molecule has 9 heteroatoms. The van der Waals surface area contributed by atoms with Crippen molar-refractivity contribution in [3.8, 4) is 11.1 Å². The van der Waals surface area contributed by atoms with Gasteiger partial charge >= 0.3 is 0 Å². The van der Waals surface area contributed by atoms with Gasteiger partial charge in [-0.05, 0) is 31.7 Å². The summed E-state index contributed by atoms with van der Waals surface area (Å²) >= 11 is 6.40. The quantitative estimate of drug-likeness (QED) is 0.711. The molecule has 1 aliphatic heterocycles. The smallest absolute Gasteiger partial charge is 0.228 e. The van der Waals surface area contributed by atoms with Crippen LogP contribution in [-0.2, 0) is 16.1 Å². The van der Waals surface area contributed by atoms with Gasteiger partial charge in [-0.3, -0.25) is 9.59 Å². The number of carbonyl (C=O) groups is 2. The topological polar surface area (TPSA) is 101 Å². The molecule has 154 valence electrons. The van der Waals surface area contributed by atoms with Gasteiger partial charge in [0.1, 0.15) is 11.6 Å². The molecule has 0 bridgehead atoms. The number of carbonyl (C=O) groups excluding carboxylic acids is 2. The zero-order valence-corrected chi connectivity index (χ0v) is 17.1. The average Bonchev–Trinajstić information content (AvgIpc) is 3.13. The Hall–Kier alpha value is -2.61. The van der Waals surface area contributed by atoms with Gasteiger partial charge in [0.05, 0.1) is 11.2 Å². The second-order valence-electron chi connectivity index (χ2n) is 7.71. The predicted octanol–water partition coefficient (Wildman–Crippen LogP) is 3.05. The van der Waals surface area contributed by atoms with Crippen molar-refractivity contribution in [2.45, 2.75) is 51.6 Å². The molecule has 3 heterocycles. The van der Waals surface area contributed by atoms with Crippen molar-refractivity contribution in [1.82, 2.24) is 20.1 Å². The molecule has 0 aromatic carbocycles. The number of aryl methyl sites for hydroxylation is 1. The first kappa shape index (κ1) is 19.7. The number of nitrogens with zero attached hydrogens (tertiary/aromatic N) is 3. The van der Waals surface area contributed by atoms with Gasteiger partial charge in [0.15, 0.2) is 0 Å². The molecule has 0 spiro atoms. The summed E-state index contributed by atoms with van der Waals surface area (Å²) in [5, 5.41) is 14.2. The van der Waals surface area contributed by atoms with Crippen LogP contribution < -0.4 is 16.0 Å². The van der Waals surface area contributed by atoms with Crippen molar-refractivity contribution in [3.05, 3.63) is 23.5 Å². The van der Waals surface area contributed by atoms with Crippen LogP contribution in [0.25, 0.3) is 11.1 Å². The molecule has 1 aliphatic carbocycles.